The maximum absolute atomic E-state index is 9.86. The summed E-state index contributed by atoms with van der Waals surface area (Å²) in [5, 5.41) is 11.1. The number of anilines is 1. The van der Waals surface area contributed by atoms with E-state index in [9.17, 15) is 5.02 Å². The number of nitrogens with zero attached hydrogens (tertiary/aromatic N) is 2. The van der Waals surface area contributed by atoms with Gasteiger partial charge < -0.3 is 19.7 Å². The van der Waals surface area contributed by atoms with Crippen molar-refractivity contribution < 1.29 is 5.02 Å². The first-order valence-corrected chi connectivity index (χ1v) is 9.50. The quantitative estimate of drug-likeness (QED) is 0.691. The van der Waals surface area contributed by atoms with Crippen LogP contribution in [0, 0.1) is 0 Å². The van der Waals surface area contributed by atoms with Crippen LogP contribution in [0.15, 0.2) is 60.8 Å². The van der Waals surface area contributed by atoms with Crippen LogP contribution in [0.1, 0.15) is 18.4 Å². The summed E-state index contributed by atoms with van der Waals surface area (Å²) in [6, 6.07) is 20.0. The van der Waals surface area contributed by atoms with Crippen LogP contribution >= 0.6 is 0 Å². The average Bonchev–Trinajstić information content (AvgIpc) is 3.15. The molecular formula is C21H26BN3O. The van der Waals surface area contributed by atoms with E-state index in [2.05, 4.69) is 69.3 Å². The highest BCUT2D eigenvalue weighted by molar-refractivity contribution is 6.45. The first-order valence-electron chi connectivity index (χ1n) is 9.50. The minimum atomic E-state index is -0.352. The van der Waals surface area contributed by atoms with Gasteiger partial charge in [0.2, 0.25) is 0 Å². The van der Waals surface area contributed by atoms with E-state index in [1.165, 1.54) is 22.2 Å². The van der Waals surface area contributed by atoms with Crippen LogP contribution in [0.5, 0.6) is 0 Å². The predicted octanol–water partition coefficient (Wildman–Crippen LogP) is 3.75. The van der Waals surface area contributed by atoms with Gasteiger partial charge in [0.15, 0.2) is 0 Å². The molecule has 3 aromatic rings. The summed E-state index contributed by atoms with van der Waals surface area (Å²) < 4.78 is 0. The van der Waals surface area contributed by atoms with Gasteiger partial charge in [0.25, 0.3) is 0 Å². The molecule has 1 saturated heterocycles. The molecule has 0 radical (unpaired) electrons. The number of aromatic nitrogens is 1. The second-order valence-electron chi connectivity index (χ2n) is 7.26. The molecule has 1 aliphatic rings. The Labute approximate surface area is 155 Å². The van der Waals surface area contributed by atoms with Gasteiger partial charge in [0.1, 0.15) is 0 Å². The molecule has 1 aliphatic heterocycles. The molecule has 26 heavy (non-hydrogen) atoms. The van der Waals surface area contributed by atoms with Gasteiger partial charge in [0.05, 0.1) is 0 Å². The van der Waals surface area contributed by atoms with Crippen LogP contribution in [-0.2, 0) is 6.54 Å². The van der Waals surface area contributed by atoms with Crippen molar-refractivity contribution in [2.24, 2.45) is 0 Å². The van der Waals surface area contributed by atoms with Crippen LogP contribution in [-0.4, -0.2) is 41.0 Å². The maximum Gasteiger partial charge on any atom is 0.376 e. The molecule has 0 amide bonds. The van der Waals surface area contributed by atoms with E-state index in [1.54, 1.807) is 0 Å². The van der Waals surface area contributed by atoms with Gasteiger partial charge in [-0.3, -0.25) is 0 Å². The lowest BCUT2D eigenvalue weighted by atomic mass is 9.82. The normalized spacial score (nSPS) is 16.1. The van der Waals surface area contributed by atoms with Crippen molar-refractivity contribution in [3.8, 4) is 0 Å². The van der Waals surface area contributed by atoms with E-state index in [0.717, 1.165) is 32.5 Å². The summed E-state index contributed by atoms with van der Waals surface area (Å²) in [5.74, 6) is 0. The molecule has 5 heteroatoms. The summed E-state index contributed by atoms with van der Waals surface area (Å²) in [5.41, 5.74) is 3.79. The summed E-state index contributed by atoms with van der Waals surface area (Å²) in [4.78, 5) is 7.98. The molecule has 2 aromatic carbocycles. The summed E-state index contributed by atoms with van der Waals surface area (Å²) >= 11 is 0. The Bertz CT molecular complexity index is 841. The van der Waals surface area contributed by atoms with Crippen LogP contribution < -0.4 is 4.90 Å². The van der Waals surface area contributed by atoms with Gasteiger partial charge in [-0.2, -0.15) is 0 Å². The van der Waals surface area contributed by atoms with Gasteiger partial charge >= 0.3 is 7.05 Å². The topological polar surface area (TPSA) is 42.5 Å². The van der Waals surface area contributed by atoms with Gasteiger partial charge in [-0.1, -0.05) is 30.3 Å². The standard InChI is InChI=1S/C21H26BN3O/c1-22(26)24-13-10-19(11-14-24)25(16-17-5-3-2-4-6-17)20-7-8-21-18(15-20)9-12-23-21/h2-9,12,15,19,23,26H,10-11,13-14,16H2,1H3. The molecular weight excluding hydrogens is 321 g/mol. The van der Waals surface area contributed by atoms with E-state index >= 15 is 0 Å². The van der Waals surface area contributed by atoms with E-state index in [0.29, 0.717) is 6.04 Å². The minimum absolute atomic E-state index is 0.352. The van der Waals surface area contributed by atoms with Crippen molar-refractivity contribution >= 4 is 23.6 Å². The fraction of sp³-hybridized carbons (Fsp3) is 0.333. The fourth-order valence-electron chi connectivity index (χ4n) is 4.00. The van der Waals surface area contributed by atoms with E-state index in [-0.39, 0.29) is 7.05 Å². The van der Waals surface area contributed by atoms with Gasteiger partial charge in [0, 0.05) is 35.4 Å². The van der Waals surface area contributed by atoms with Crippen molar-refractivity contribution in [1.82, 2.24) is 9.79 Å². The molecule has 0 saturated carbocycles. The first kappa shape index (κ1) is 17.2. The highest BCUT2D eigenvalue weighted by Gasteiger charge is 2.28. The van der Waals surface area contributed by atoms with Crippen LogP contribution in [0.2, 0.25) is 6.82 Å². The Morgan fingerprint density at radius 3 is 2.62 bits per heavy atom. The molecule has 0 aliphatic carbocycles. The average molecular weight is 347 g/mol. The van der Waals surface area contributed by atoms with Crippen molar-refractivity contribution in [2.75, 3.05) is 18.0 Å². The zero-order chi connectivity index (χ0) is 17.9. The summed E-state index contributed by atoms with van der Waals surface area (Å²) in [6.45, 7) is 4.66. The smallest absolute Gasteiger partial charge is 0.376 e. The number of rotatable bonds is 5. The third-order valence-corrected chi connectivity index (χ3v) is 5.53. The monoisotopic (exact) mass is 347 g/mol. The fourth-order valence-corrected chi connectivity index (χ4v) is 4.00. The lowest BCUT2D eigenvalue weighted by Gasteiger charge is -2.40. The molecule has 1 aromatic heterocycles. The number of H-pyrrole nitrogens is 1. The molecule has 1 fully saturated rings. The number of nitrogens with one attached hydrogen (secondary N) is 1. The Morgan fingerprint density at radius 1 is 1.12 bits per heavy atom. The van der Waals surface area contributed by atoms with Crippen LogP contribution in [0.25, 0.3) is 10.9 Å². The van der Waals surface area contributed by atoms with Crippen molar-refractivity contribution in [3.63, 3.8) is 0 Å². The SMILES string of the molecule is CB(O)N1CCC(N(Cc2ccccc2)c2ccc3[nH]ccc3c2)CC1. The Kier molecular flexibility index (Phi) is 5.00. The van der Waals surface area contributed by atoms with Crippen LogP contribution in [0.3, 0.4) is 0 Å². The molecule has 0 atom stereocenters. The second kappa shape index (κ2) is 7.56. The molecule has 0 unspecified atom stereocenters. The Morgan fingerprint density at radius 2 is 1.88 bits per heavy atom. The first-order chi connectivity index (χ1) is 12.7. The zero-order valence-electron chi connectivity index (χ0n) is 15.3. The number of fused-ring (bicyclic) bond motifs is 1. The maximum atomic E-state index is 9.86. The van der Waals surface area contributed by atoms with Crippen molar-refractivity contribution in [3.05, 3.63) is 66.4 Å². The minimum Gasteiger partial charge on any atom is -0.437 e. The lowest BCUT2D eigenvalue weighted by molar-refractivity contribution is 0.281. The number of hydrogen-bond acceptors (Lipinski definition) is 3. The third kappa shape index (κ3) is 3.64. The largest absolute Gasteiger partial charge is 0.437 e. The number of benzene rings is 2. The number of piperidine rings is 1. The predicted molar refractivity (Wildman–Crippen MR) is 109 cm³/mol. The van der Waals surface area contributed by atoms with E-state index in [4.69, 9.17) is 0 Å². The number of hydrogen-bond donors (Lipinski definition) is 2. The molecule has 2 N–H and O–H groups in total. The molecule has 4 rings (SSSR count). The van der Waals surface area contributed by atoms with Crippen molar-refractivity contribution in [2.45, 2.75) is 32.3 Å². The lowest BCUT2D eigenvalue weighted by Crippen LogP contribution is -2.49. The Hall–Kier alpha value is -2.24. The molecule has 2 heterocycles. The highest BCUT2D eigenvalue weighted by Crippen LogP contribution is 2.28. The van der Waals surface area contributed by atoms with Crippen molar-refractivity contribution in [1.29, 1.82) is 0 Å². The Balaban J connectivity index is 1.61. The summed E-state index contributed by atoms with van der Waals surface area (Å²) in [7, 11) is -0.352. The van der Waals surface area contributed by atoms with Gasteiger partial charge in [-0.05, 0) is 62.6 Å². The van der Waals surface area contributed by atoms with Gasteiger partial charge in [-0.25, -0.2) is 0 Å². The third-order valence-electron chi connectivity index (χ3n) is 5.53. The number of aromatic amines is 1. The molecule has 4 nitrogen and oxygen atoms in total. The van der Waals surface area contributed by atoms with Gasteiger partial charge in [-0.15, -0.1) is 0 Å². The highest BCUT2D eigenvalue weighted by atomic mass is 16.2. The molecule has 0 bridgehead atoms. The second-order valence-corrected chi connectivity index (χ2v) is 7.26. The molecule has 134 valence electrons. The summed E-state index contributed by atoms with van der Waals surface area (Å²) in [6.07, 6.45) is 4.14. The van der Waals surface area contributed by atoms with Crippen LogP contribution in [0.4, 0.5) is 5.69 Å². The zero-order valence-corrected chi connectivity index (χ0v) is 15.3. The van der Waals surface area contributed by atoms with E-state index in [1.807, 2.05) is 13.0 Å². The van der Waals surface area contributed by atoms with E-state index < -0.39 is 0 Å². The molecule has 0 spiro atoms.